The van der Waals surface area contributed by atoms with Gasteiger partial charge in [0, 0.05) is 5.56 Å². The van der Waals surface area contributed by atoms with Crippen molar-refractivity contribution < 1.29 is 5.11 Å². The molecular weight excluding hydrogens is 198 g/mol. The summed E-state index contributed by atoms with van der Waals surface area (Å²) in [6.45, 7) is 0. The van der Waals surface area contributed by atoms with Gasteiger partial charge < -0.3 is 5.11 Å². The topological polar surface area (TPSA) is 68.5 Å². The van der Waals surface area contributed by atoms with Gasteiger partial charge in [0.1, 0.15) is 5.75 Å². The first kappa shape index (κ1) is 10.6. The van der Waals surface area contributed by atoms with Crippen LogP contribution in [0.4, 0.5) is 0 Å². The second-order valence-corrected chi connectivity index (χ2v) is 3.28. The van der Waals surface area contributed by atoms with Crippen molar-refractivity contribution in [3.05, 3.63) is 29.8 Å². The lowest BCUT2D eigenvalue weighted by molar-refractivity contribution is 0.474. The fraction of sp³-hybridized carbons (Fsp3) is 0.111. The molecule has 0 amide bonds. The van der Waals surface area contributed by atoms with E-state index in [1.54, 1.807) is 30.5 Å². The smallest absolute Gasteiger partial charge is 0.174 e. The lowest BCUT2D eigenvalue weighted by Gasteiger charge is -1.98. The van der Waals surface area contributed by atoms with Gasteiger partial charge in [-0.15, -0.1) is 0 Å². The van der Waals surface area contributed by atoms with Crippen molar-refractivity contribution >= 4 is 23.1 Å². The van der Waals surface area contributed by atoms with E-state index >= 15 is 0 Å². The van der Waals surface area contributed by atoms with E-state index < -0.39 is 0 Å². The van der Waals surface area contributed by atoms with E-state index in [0.29, 0.717) is 5.56 Å². The zero-order valence-electron chi connectivity index (χ0n) is 7.69. The summed E-state index contributed by atoms with van der Waals surface area (Å²) in [5.74, 6) is 0.175. The van der Waals surface area contributed by atoms with Crippen LogP contribution in [0.5, 0.6) is 5.75 Å². The first-order chi connectivity index (χ1) is 6.74. The van der Waals surface area contributed by atoms with Gasteiger partial charge in [0.05, 0.1) is 6.21 Å². The molecular formula is C9H11N3OS. The summed E-state index contributed by atoms with van der Waals surface area (Å²) in [4.78, 5) is 0. The number of hydrogen-bond donors (Lipinski definition) is 3. The molecule has 0 aromatic heterocycles. The number of nitrogens with one attached hydrogen (secondary N) is 2. The quantitative estimate of drug-likeness (QED) is 0.394. The van der Waals surface area contributed by atoms with E-state index in [2.05, 4.69) is 10.5 Å². The fourth-order valence-corrected chi connectivity index (χ4v) is 0.947. The summed E-state index contributed by atoms with van der Waals surface area (Å²) in [7, 11) is 0. The average molecular weight is 209 g/mol. The second kappa shape index (κ2) is 5.29. The molecule has 0 unspecified atom stereocenters. The van der Waals surface area contributed by atoms with E-state index in [1.165, 1.54) is 18.0 Å². The molecule has 3 N–H and O–H groups in total. The third kappa shape index (κ3) is 3.10. The molecule has 0 aliphatic rings. The Morgan fingerprint density at radius 2 is 2.29 bits per heavy atom. The number of amidine groups is 1. The minimum atomic E-state index is 0.175. The Morgan fingerprint density at radius 3 is 2.93 bits per heavy atom. The fourth-order valence-electron chi connectivity index (χ4n) is 0.803. The summed E-state index contributed by atoms with van der Waals surface area (Å²) >= 11 is 1.26. The first-order valence-corrected chi connectivity index (χ1v) is 5.16. The third-order valence-corrected chi connectivity index (χ3v) is 2.01. The molecule has 14 heavy (non-hydrogen) atoms. The van der Waals surface area contributed by atoms with E-state index in [9.17, 15) is 5.11 Å². The summed E-state index contributed by atoms with van der Waals surface area (Å²) < 4.78 is 0. The van der Waals surface area contributed by atoms with Crippen LogP contribution in [0.2, 0.25) is 0 Å². The molecule has 0 aliphatic carbocycles. The number of hydrogen-bond acceptors (Lipinski definition) is 4. The Kier molecular flexibility index (Phi) is 4.00. The number of hydrazone groups is 1. The SMILES string of the molecule is CSC(=N)NN=Cc1ccccc1O. The molecule has 74 valence electrons. The van der Waals surface area contributed by atoms with Crippen LogP contribution >= 0.6 is 11.8 Å². The van der Waals surface area contributed by atoms with Crippen LogP contribution in [-0.4, -0.2) is 22.7 Å². The number of phenolic OH excluding ortho intramolecular Hbond substituents is 1. The van der Waals surface area contributed by atoms with Gasteiger partial charge in [0.15, 0.2) is 5.17 Å². The Balaban J connectivity index is 2.60. The normalized spacial score (nSPS) is 10.4. The van der Waals surface area contributed by atoms with Crippen LogP contribution in [0.3, 0.4) is 0 Å². The van der Waals surface area contributed by atoms with Gasteiger partial charge in [0.2, 0.25) is 0 Å². The minimum absolute atomic E-state index is 0.175. The molecule has 0 fully saturated rings. The number of benzene rings is 1. The van der Waals surface area contributed by atoms with Gasteiger partial charge in [-0.1, -0.05) is 23.9 Å². The number of nitrogens with zero attached hydrogens (tertiary/aromatic N) is 1. The molecule has 1 rings (SSSR count). The van der Waals surface area contributed by atoms with Crippen LogP contribution in [-0.2, 0) is 0 Å². The number of phenols is 1. The van der Waals surface area contributed by atoms with Gasteiger partial charge >= 0.3 is 0 Å². The predicted molar refractivity (Wildman–Crippen MR) is 60.1 cm³/mol. The molecule has 0 bridgehead atoms. The molecule has 4 nitrogen and oxygen atoms in total. The Morgan fingerprint density at radius 1 is 1.57 bits per heavy atom. The molecule has 0 spiro atoms. The van der Waals surface area contributed by atoms with Crippen molar-refractivity contribution in [1.29, 1.82) is 5.41 Å². The van der Waals surface area contributed by atoms with E-state index in [0.717, 1.165) is 0 Å². The molecule has 1 aromatic carbocycles. The van der Waals surface area contributed by atoms with E-state index in [1.807, 2.05) is 0 Å². The molecule has 0 radical (unpaired) electrons. The summed E-state index contributed by atoms with van der Waals surface area (Å²) in [6.07, 6.45) is 3.25. The zero-order chi connectivity index (χ0) is 10.4. The van der Waals surface area contributed by atoms with Crippen molar-refractivity contribution in [2.45, 2.75) is 0 Å². The van der Waals surface area contributed by atoms with E-state index in [-0.39, 0.29) is 10.9 Å². The summed E-state index contributed by atoms with van der Waals surface area (Å²) in [5, 5.41) is 20.6. The zero-order valence-corrected chi connectivity index (χ0v) is 8.51. The molecule has 0 aliphatic heterocycles. The van der Waals surface area contributed by atoms with Crippen molar-refractivity contribution in [2.24, 2.45) is 5.10 Å². The van der Waals surface area contributed by atoms with Crippen LogP contribution < -0.4 is 5.43 Å². The molecule has 0 heterocycles. The lowest BCUT2D eigenvalue weighted by Crippen LogP contribution is -2.11. The average Bonchev–Trinajstić information content (AvgIpc) is 2.20. The number of rotatable bonds is 2. The highest BCUT2D eigenvalue weighted by Gasteiger charge is 1.94. The van der Waals surface area contributed by atoms with Crippen molar-refractivity contribution in [3.63, 3.8) is 0 Å². The van der Waals surface area contributed by atoms with Crippen LogP contribution in [0.1, 0.15) is 5.56 Å². The van der Waals surface area contributed by atoms with Gasteiger partial charge in [-0.05, 0) is 18.4 Å². The summed E-state index contributed by atoms with van der Waals surface area (Å²) in [5.41, 5.74) is 3.13. The number of thioether (sulfide) groups is 1. The van der Waals surface area contributed by atoms with Gasteiger partial charge in [0.25, 0.3) is 0 Å². The standard InChI is InChI=1S/C9H11N3OS/c1-14-9(10)12-11-6-7-4-2-3-5-8(7)13/h2-6,13H,1H3,(H2,10,12). The van der Waals surface area contributed by atoms with Crippen molar-refractivity contribution in [1.82, 2.24) is 5.43 Å². The van der Waals surface area contributed by atoms with Crippen molar-refractivity contribution in [3.8, 4) is 5.75 Å². The molecule has 0 atom stereocenters. The van der Waals surface area contributed by atoms with Gasteiger partial charge in [-0.25, -0.2) is 0 Å². The molecule has 5 heteroatoms. The highest BCUT2D eigenvalue weighted by atomic mass is 32.2. The lowest BCUT2D eigenvalue weighted by atomic mass is 10.2. The Bertz CT molecular complexity index is 352. The van der Waals surface area contributed by atoms with Crippen molar-refractivity contribution in [2.75, 3.05) is 6.26 Å². The van der Waals surface area contributed by atoms with Gasteiger partial charge in [-0.3, -0.25) is 10.8 Å². The monoisotopic (exact) mass is 209 g/mol. The van der Waals surface area contributed by atoms with Crippen LogP contribution in [0, 0.1) is 5.41 Å². The first-order valence-electron chi connectivity index (χ1n) is 3.93. The van der Waals surface area contributed by atoms with Crippen LogP contribution in [0.25, 0.3) is 0 Å². The third-order valence-electron chi connectivity index (χ3n) is 1.51. The van der Waals surface area contributed by atoms with E-state index in [4.69, 9.17) is 5.41 Å². The van der Waals surface area contributed by atoms with Gasteiger partial charge in [-0.2, -0.15) is 5.10 Å². The van der Waals surface area contributed by atoms with Crippen LogP contribution in [0.15, 0.2) is 29.4 Å². The molecule has 0 saturated carbocycles. The highest BCUT2D eigenvalue weighted by molar-refractivity contribution is 8.13. The number of aromatic hydroxyl groups is 1. The highest BCUT2D eigenvalue weighted by Crippen LogP contribution is 2.12. The largest absolute Gasteiger partial charge is 0.507 e. The second-order valence-electron chi connectivity index (χ2n) is 2.46. The maximum atomic E-state index is 9.36. The minimum Gasteiger partial charge on any atom is -0.507 e. The number of para-hydroxylation sites is 1. The Labute approximate surface area is 86.5 Å². The maximum absolute atomic E-state index is 9.36. The maximum Gasteiger partial charge on any atom is 0.174 e. The molecule has 0 saturated heterocycles. The Hall–Kier alpha value is -1.49. The predicted octanol–water partition coefficient (Wildman–Crippen LogP) is 1.61. The molecule has 1 aromatic rings. The summed E-state index contributed by atoms with van der Waals surface area (Å²) in [6, 6.07) is 6.87.